The van der Waals surface area contributed by atoms with Crippen molar-refractivity contribution in [2.75, 3.05) is 0 Å². The third-order valence-corrected chi connectivity index (χ3v) is 10.8. The maximum atomic E-state index is 5.37. The van der Waals surface area contributed by atoms with Gasteiger partial charge in [0, 0.05) is 22.1 Å². The van der Waals surface area contributed by atoms with Crippen LogP contribution in [-0.2, 0) is 16.2 Å². The van der Waals surface area contributed by atoms with Crippen molar-refractivity contribution in [3.05, 3.63) is 162 Å². The molecule has 1 aromatic heterocycles. The molecule has 3 heteroatoms. The Bertz CT molecular complexity index is 2380. The van der Waals surface area contributed by atoms with E-state index in [0.717, 1.165) is 38.9 Å². The zero-order valence-electron chi connectivity index (χ0n) is 32.1. The Morgan fingerprint density at radius 3 is 1.34 bits per heavy atom. The van der Waals surface area contributed by atoms with E-state index in [9.17, 15) is 0 Å². The van der Waals surface area contributed by atoms with Gasteiger partial charge in [-0.3, -0.25) is 0 Å². The van der Waals surface area contributed by atoms with Crippen molar-refractivity contribution in [3.8, 4) is 67.5 Å². The molecule has 53 heavy (non-hydrogen) atoms. The molecule has 0 fully saturated rings. The van der Waals surface area contributed by atoms with Gasteiger partial charge >= 0.3 is 0 Å². The SMILES string of the molecule is CC(C)(C)c1ccc2c(c1)C(C)(C)c1cc(C(C)(C)C)cc(-c3nc(-c4cccc(-c5ccccc5)c4)nc(-c4cccc(-c5ccccc5)c4)n3)c1-2. The van der Waals surface area contributed by atoms with E-state index in [-0.39, 0.29) is 16.2 Å². The molecule has 0 bridgehead atoms. The topological polar surface area (TPSA) is 38.7 Å². The summed E-state index contributed by atoms with van der Waals surface area (Å²) in [4.78, 5) is 16.0. The Labute approximate surface area is 314 Å². The van der Waals surface area contributed by atoms with E-state index in [4.69, 9.17) is 15.0 Å². The lowest BCUT2D eigenvalue weighted by Gasteiger charge is -2.27. The summed E-state index contributed by atoms with van der Waals surface area (Å²) in [5, 5.41) is 0. The predicted octanol–water partition coefficient (Wildman–Crippen LogP) is 13.1. The molecule has 3 nitrogen and oxygen atoms in total. The molecule has 1 heterocycles. The predicted molar refractivity (Wildman–Crippen MR) is 222 cm³/mol. The minimum Gasteiger partial charge on any atom is -0.208 e. The zero-order valence-corrected chi connectivity index (χ0v) is 32.1. The summed E-state index contributed by atoms with van der Waals surface area (Å²) in [6.45, 7) is 18.5. The van der Waals surface area contributed by atoms with E-state index in [0.29, 0.717) is 17.5 Å². The number of benzene rings is 6. The lowest BCUT2D eigenvalue weighted by atomic mass is 9.77. The smallest absolute Gasteiger partial charge is 0.164 e. The molecule has 0 atom stereocenters. The fourth-order valence-corrected chi connectivity index (χ4v) is 7.62. The average Bonchev–Trinajstić information content (AvgIpc) is 3.40. The first-order chi connectivity index (χ1) is 25.3. The van der Waals surface area contributed by atoms with Gasteiger partial charge in [-0.2, -0.15) is 0 Å². The number of fused-ring (bicyclic) bond motifs is 3. The Balaban J connectivity index is 1.40. The van der Waals surface area contributed by atoms with Crippen LogP contribution >= 0.6 is 0 Å². The van der Waals surface area contributed by atoms with Crippen molar-refractivity contribution in [3.63, 3.8) is 0 Å². The molecule has 6 aromatic carbocycles. The molecule has 1 aliphatic carbocycles. The van der Waals surface area contributed by atoms with Gasteiger partial charge in [-0.15, -0.1) is 0 Å². The quantitative estimate of drug-likeness (QED) is 0.181. The minimum atomic E-state index is -0.200. The van der Waals surface area contributed by atoms with Gasteiger partial charge < -0.3 is 0 Å². The highest BCUT2D eigenvalue weighted by Crippen LogP contribution is 2.54. The Kier molecular flexibility index (Phi) is 8.29. The van der Waals surface area contributed by atoms with Crippen molar-refractivity contribution in [1.82, 2.24) is 15.0 Å². The van der Waals surface area contributed by atoms with Gasteiger partial charge in [-0.25, -0.2) is 15.0 Å². The molecule has 0 saturated heterocycles. The fourth-order valence-electron chi connectivity index (χ4n) is 7.62. The second-order valence-corrected chi connectivity index (χ2v) is 17.0. The summed E-state index contributed by atoms with van der Waals surface area (Å²) in [6, 6.07) is 49.9. The van der Waals surface area contributed by atoms with Crippen molar-refractivity contribution in [2.24, 2.45) is 0 Å². The van der Waals surface area contributed by atoms with E-state index in [1.807, 2.05) is 0 Å². The normalized spacial score (nSPS) is 13.4. The molecule has 0 spiro atoms. The van der Waals surface area contributed by atoms with Crippen LogP contribution in [0.1, 0.15) is 77.6 Å². The van der Waals surface area contributed by atoms with Crippen LogP contribution in [0.3, 0.4) is 0 Å². The van der Waals surface area contributed by atoms with Crippen molar-refractivity contribution < 1.29 is 0 Å². The highest BCUT2D eigenvalue weighted by Gasteiger charge is 2.39. The van der Waals surface area contributed by atoms with Crippen molar-refractivity contribution in [2.45, 2.75) is 71.6 Å². The monoisotopic (exact) mass is 689 g/mol. The number of nitrogens with zero attached hydrogens (tertiary/aromatic N) is 3. The summed E-state index contributed by atoms with van der Waals surface area (Å²) in [6.07, 6.45) is 0. The van der Waals surface area contributed by atoms with Gasteiger partial charge in [-0.05, 0) is 84.7 Å². The third kappa shape index (κ3) is 6.39. The van der Waals surface area contributed by atoms with E-state index >= 15 is 0 Å². The lowest BCUT2D eigenvalue weighted by molar-refractivity contribution is 0.580. The largest absolute Gasteiger partial charge is 0.208 e. The molecule has 0 unspecified atom stereocenters. The summed E-state index contributed by atoms with van der Waals surface area (Å²) in [7, 11) is 0. The van der Waals surface area contributed by atoms with Crippen LogP contribution in [-0.4, -0.2) is 15.0 Å². The second-order valence-electron chi connectivity index (χ2n) is 17.0. The highest BCUT2D eigenvalue weighted by molar-refractivity contribution is 5.92. The molecule has 262 valence electrons. The zero-order chi connectivity index (χ0) is 37.1. The fraction of sp³-hybridized carbons (Fsp3) is 0.220. The molecular weight excluding hydrogens is 643 g/mol. The first kappa shape index (κ1) is 34.4. The van der Waals surface area contributed by atoms with Gasteiger partial charge in [0.25, 0.3) is 0 Å². The van der Waals surface area contributed by atoms with E-state index in [1.54, 1.807) is 0 Å². The molecule has 0 aliphatic heterocycles. The number of hydrogen-bond acceptors (Lipinski definition) is 3. The van der Waals surface area contributed by atoms with Gasteiger partial charge in [0.15, 0.2) is 17.5 Å². The van der Waals surface area contributed by atoms with Crippen LogP contribution in [0.5, 0.6) is 0 Å². The van der Waals surface area contributed by atoms with Gasteiger partial charge in [-0.1, -0.05) is 177 Å². The van der Waals surface area contributed by atoms with Crippen LogP contribution < -0.4 is 0 Å². The Morgan fingerprint density at radius 2 is 0.830 bits per heavy atom. The van der Waals surface area contributed by atoms with Crippen LogP contribution in [0.15, 0.2) is 140 Å². The molecule has 0 N–H and O–H groups in total. The second kappa shape index (κ2) is 12.8. The summed E-state index contributed by atoms with van der Waals surface area (Å²) >= 11 is 0. The first-order valence-corrected chi connectivity index (χ1v) is 18.7. The van der Waals surface area contributed by atoms with Crippen LogP contribution in [0.25, 0.3) is 67.5 Å². The number of rotatable bonds is 5. The van der Waals surface area contributed by atoms with Gasteiger partial charge in [0.05, 0.1) is 0 Å². The maximum Gasteiger partial charge on any atom is 0.164 e. The molecule has 8 rings (SSSR count). The Morgan fingerprint density at radius 1 is 0.377 bits per heavy atom. The van der Waals surface area contributed by atoms with E-state index in [1.165, 1.54) is 33.4 Å². The minimum absolute atomic E-state index is 0.0415. The van der Waals surface area contributed by atoms with E-state index in [2.05, 4.69) is 195 Å². The summed E-state index contributed by atoms with van der Waals surface area (Å²) in [5.41, 5.74) is 15.0. The molecule has 0 amide bonds. The molecule has 0 radical (unpaired) electrons. The van der Waals surface area contributed by atoms with Crippen LogP contribution in [0.2, 0.25) is 0 Å². The van der Waals surface area contributed by atoms with Gasteiger partial charge in [0.2, 0.25) is 0 Å². The Hall–Kier alpha value is -5.67. The molecule has 1 aliphatic rings. The third-order valence-electron chi connectivity index (χ3n) is 10.8. The van der Waals surface area contributed by atoms with Gasteiger partial charge in [0.1, 0.15) is 0 Å². The maximum absolute atomic E-state index is 5.37. The molecule has 0 saturated carbocycles. The number of aromatic nitrogens is 3. The van der Waals surface area contributed by atoms with Crippen molar-refractivity contribution in [1.29, 1.82) is 0 Å². The van der Waals surface area contributed by atoms with E-state index < -0.39 is 0 Å². The number of hydrogen-bond donors (Lipinski definition) is 0. The first-order valence-electron chi connectivity index (χ1n) is 18.7. The molecule has 7 aromatic rings. The average molecular weight is 690 g/mol. The summed E-state index contributed by atoms with van der Waals surface area (Å²) in [5.74, 6) is 2.00. The molecular formula is C50H47N3. The highest BCUT2D eigenvalue weighted by atomic mass is 15.0. The standard InChI is InChI=1S/C50H47N3/c1-48(2,3)38-25-26-40-42(30-38)50(7,8)43-31-39(49(4,5)6)29-41(44(40)43)47-52-45(36-23-15-21-34(27-36)32-17-11-9-12-18-32)51-46(53-47)37-24-16-22-35(28-37)33-19-13-10-14-20-33/h9-31H,1-8H3. The summed E-state index contributed by atoms with van der Waals surface area (Å²) < 4.78 is 0. The van der Waals surface area contributed by atoms with Crippen molar-refractivity contribution >= 4 is 0 Å². The van der Waals surface area contributed by atoms with Crippen LogP contribution in [0, 0.1) is 0 Å². The lowest BCUT2D eigenvalue weighted by Crippen LogP contribution is -2.19. The van der Waals surface area contributed by atoms with Crippen LogP contribution in [0.4, 0.5) is 0 Å².